The Hall–Kier alpha value is -2.99. The molecule has 0 radical (unpaired) electrons. The van der Waals surface area contributed by atoms with Crippen molar-refractivity contribution in [2.24, 2.45) is 7.05 Å². The van der Waals surface area contributed by atoms with E-state index in [2.05, 4.69) is 16.1 Å². The second kappa shape index (κ2) is 8.17. The molecule has 29 heavy (non-hydrogen) atoms. The smallest absolute Gasteiger partial charge is 0.272 e. The summed E-state index contributed by atoms with van der Waals surface area (Å²) in [6, 6.07) is 17.3. The number of amides is 1. The second-order valence-corrected chi connectivity index (χ2v) is 7.44. The van der Waals surface area contributed by atoms with Crippen molar-refractivity contribution in [2.45, 2.75) is 0 Å². The van der Waals surface area contributed by atoms with E-state index in [1.807, 2.05) is 53.4 Å². The van der Waals surface area contributed by atoms with E-state index in [1.54, 1.807) is 18.8 Å². The highest BCUT2D eigenvalue weighted by atomic mass is 35.5. The van der Waals surface area contributed by atoms with Gasteiger partial charge in [-0.3, -0.25) is 9.48 Å². The van der Waals surface area contributed by atoms with Gasteiger partial charge in [0.15, 0.2) is 0 Å². The molecule has 1 aromatic heterocycles. The summed E-state index contributed by atoms with van der Waals surface area (Å²) in [5.41, 5.74) is 3.27. The summed E-state index contributed by atoms with van der Waals surface area (Å²) in [6.07, 6.45) is 0. The van der Waals surface area contributed by atoms with Gasteiger partial charge in [0.2, 0.25) is 0 Å². The first-order valence-electron chi connectivity index (χ1n) is 9.54. The highest BCUT2D eigenvalue weighted by Gasteiger charge is 2.26. The molecule has 1 aliphatic heterocycles. The average molecular weight is 411 g/mol. The van der Waals surface area contributed by atoms with Gasteiger partial charge < -0.3 is 14.5 Å². The third-order valence-electron chi connectivity index (χ3n) is 5.21. The minimum Gasteiger partial charge on any atom is -0.495 e. The van der Waals surface area contributed by atoms with Crippen LogP contribution in [-0.4, -0.2) is 53.9 Å². The number of nitrogens with zero attached hydrogens (tertiary/aromatic N) is 4. The first kappa shape index (κ1) is 19.3. The molecule has 3 aromatic rings. The van der Waals surface area contributed by atoms with Crippen LogP contribution in [0.5, 0.6) is 5.75 Å². The molecule has 4 rings (SSSR count). The topological polar surface area (TPSA) is 50.6 Å². The predicted molar refractivity (Wildman–Crippen MR) is 115 cm³/mol. The molecular formula is C22H23ClN4O2. The molecule has 1 fully saturated rings. The zero-order valence-corrected chi connectivity index (χ0v) is 17.3. The van der Waals surface area contributed by atoms with Crippen molar-refractivity contribution in [3.63, 3.8) is 0 Å². The highest BCUT2D eigenvalue weighted by molar-refractivity contribution is 6.30. The van der Waals surface area contributed by atoms with Crippen LogP contribution in [0.1, 0.15) is 10.5 Å². The number of benzene rings is 2. The summed E-state index contributed by atoms with van der Waals surface area (Å²) in [4.78, 5) is 17.2. The molecular weight excluding hydrogens is 388 g/mol. The summed E-state index contributed by atoms with van der Waals surface area (Å²) in [7, 11) is 3.48. The van der Waals surface area contributed by atoms with Crippen molar-refractivity contribution in [2.75, 3.05) is 38.2 Å². The van der Waals surface area contributed by atoms with Crippen molar-refractivity contribution in [1.82, 2.24) is 14.7 Å². The number of para-hydroxylation sites is 2. The Bertz CT molecular complexity index is 1030. The largest absolute Gasteiger partial charge is 0.495 e. The van der Waals surface area contributed by atoms with Crippen LogP contribution in [0.25, 0.3) is 11.3 Å². The lowest BCUT2D eigenvalue weighted by atomic mass is 10.1. The first-order valence-corrected chi connectivity index (χ1v) is 9.92. The van der Waals surface area contributed by atoms with E-state index < -0.39 is 0 Å². The van der Waals surface area contributed by atoms with Crippen molar-refractivity contribution < 1.29 is 9.53 Å². The minimum atomic E-state index is -0.00652. The number of aromatic nitrogens is 2. The Morgan fingerprint density at radius 2 is 1.79 bits per heavy atom. The molecule has 0 saturated carbocycles. The summed E-state index contributed by atoms with van der Waals surface area (Å²) in [6.45, 7) is 2.80. The van der Waals surface area contributed by atoms with E-state index in [1.165, 1.54) is 0 Å². The third kappa shape index (κ3) is 3.93. The summed E-state index contributed by atoms with van der Waals surface area (Å²) >= 11 is 6.09. The van der Waals surface area contributed by atoms with Gasteiger partial charge in [0.05, 0.1) is 18.5 Å². The molecule has 0 unspecified atom stereocenters. The van der Waals surface area contributed by atoms with Crippen LogP contribution in [0.4, 0.5) is 5.69 Å². The van der Waals surface area contributed by atoms with E-state index in [0.717, 1.165) is 35.8 Å². The predicted octanol–water partition coefficient (Wildman–Crippen LogP) is 3.71. The maximum absolute atomic E-state index is 13.1. The fourth-order valence-corrected chi connectivity index (χ4v) is 3.85. The van der Waals surface area contributed by atoms with Gasteiger partial charge in [0.1, 0.15) is 11.4 Å². The van der Waals surface area contributed by atoms with Gasteiger partial charge in [-0.05, 0) is 30.3 Å². The molecule has 7 heteroatoms. The number of piperazine rings is 1. The zero-order chi connectivity index (χ0) is 20.4. The average Bonchev–Trinajstić information content (AvgIpc) is 3.15. The van der Waals surface area contributed by atoms with Crippen molar-refractivity contribution >= 4 is 23.2 Å². The summed E-state index contributed by atoms with van der Waals surface area (Å²) < 4.78 is 7.11. The Balaban J connectivity index is 1.48. The number of aryl methyl sites for hydroxylation is 1. The highest BCUT2D eigenvalue weighted by Crippen LogP contribution is 2.29. The maximum atomic E-state index is 13.1. The monoisotopic (exact) mass is 410 g/mol. The lowest BCUT2D eigenvalue weighted by molar-refractivity contribution is 0.0735. The number of rotatable bonds is 4. The first-order chi connectivity index (χ1) is 14.1. The van der Waals surface area contributed by atoms with Gasteiger partial charge in [0.25, 0.3) is 5.91 Å². The Kier molecular flexibility index (Phi) is 5.45. The number of halogens is 1. The lowest BCUT2D eigenvalue weighted by Gasteiger charge is -2.36. The Morgan fingerprint density at radius 3 is 2.52 bits per heavy atom. The molecule has 0 N–H and O–H groups in total. The van der Waals surface area contributed by atoms with E-state index in [-0.39, 0.29) is 5.91 Å². The number of methoxy groups -OCH3 is 1. The molecule has 0 bridgehead atoms. The van der Waals surface area contributed by atoms with Gasteiger partial charge in [-0.2, -0.15) is 5.10 Å². The van der Waals surface area contributed by atoms with Gasteiger partial charge in [-0.1, -0.05) is 35.9 Å². The van der Waals surface area contributed by atoms with Gasteiger partial charge in [0, 0.05) is 43.8 Å². The molecule has 1 amide bonds. The standard InChI is InChI=1S/C22H23ClN4O2/c1-25-20(15-18(24-25)16-6-5-7-17(23)14-16)22(28)27-12-10-26(11-13-27)19-8-3-4-9-21(19)29-2/h3-9,14-15H,10-13H2,1-2H3. The van der Waals surface area contributed by atoms with Gasteiger partial charge in [-0.15, -0.1) is 0 Å². The van der Waals surface area contributed by atoms with E-state index in [4.69, 9.17) is 16.3 Å². The van der Waals surface area contributed by atoms with Gasteiger partial charge in [-0.25, -0.2) is 0 Å². The Morgan fingerprint density at radius 1 is 1.03 bits per heavy atom. The molecule has 0 atom stereocenters. The zero-order valence-electron chi connectivity index (χ0n) is 16.5. The molecule has 150 valence electrons. The molecule has 0 spiro atoms. The van der Waals surface area contributed by atoms with E-state index in [0.29, 0.717) is 23.8 Å². The number of hydrogen-bond acceptors (Lipinski definition) is 4. The molecule has 0 aliphatic carbocycles. The normalized spacial score (nSPS) is 14.2. The summed E-state index contributed by atoms with van der Waals surface area (Å²) in [5, 5.41) is 5.15. The number of carbonyl (C=O) groups is 1. The summed E-state index contributed by atoms with van der Waals surface area (Å²) in [5.74, 6) is 0.845. The van der Waals surface area contributed by atoms with Crippen molar-refractivity contribution in [3.05, 3.63) is 65.3 Å². The molecule has 2 heterocycles. The van der Waals surface area contributed by atoms with Crippen LogP contribution >= 0.6 is 11.6 Å². The minimum absolute atomic E-state index is 0.00652. The third-order valence-corrected chi connectivity index (χ3v) is 5.45. The van der Waals surface area contributed by atoms with Crippen molar-refractivity contribution in [1.29, 1.82) is 0 Å². The lowest BCUT2D eigenvalue weighted by Crippen LogP contribution is -2.49. The van der Waals surface area contributed by atoms with Crippen LogP contribution in [0.3, 0.4) is 0 Å². The number of carbonyl (C=O) groups excluding carboxylic acids is 1. The fraction of sp³-hybridized carbons (Fsp3) is 0.273. The fourth-order valence-electron chi connectivity index (χ4n) is 3.66. The van der Waals surface area contributed by atoms with Crippen LogP contribution in [0.2, 0.25) is 5.02 Å². The molecule has 1 aliphatic rings. The van der Waals surface area contributed by atoms with E-state index in [9.17, 15) is 4.79 Å². The number of anilines is 1. The quantitative estimate of drug-likeness (QED) is 0.658. The van der Waals surface area contributed by atoms with E-state index >= 15 is 0 Å². The molecule has 6 nitrogen and oxygen atoms in total. The maximum Gasteiger partial charge on any atom is 0.272 e. The Labute approximate surface area is 175 Å². The van der Waals surface area contributed by atoms with Gasteiger partial charge >= 0.3 is 0 Å². The number of ether oxygens (including phenoxy) is 1. The second-order valence-electron chi connectivity index (χ2n) is 7.00. The van der Waals surface area contributed by atoms with Crippen LogP contribution < -0.4 is 9.64 Å². The SMILES string of the molecule is COc1ccccc1N1CCN(C(=O)c2cc(-c3cccc(Cl)c3)nn2C)CC1. The molecule has 2 aromatic carbocycles. The van der Waals surface area contributed by atoms with Crippen LogP contribution in [0, 0.1) is 0 Å². The van der Waals surface area contributed by atoms with Crippen LogP contribution in [0.15, 0.2) is 54.6 Å². The number of hydrogen-bond donors (Lipinski definition) is 0. The van der Waals surface area contributed by atoms with Crippen LogP contribution in [-0.2, 0) is 7.05 Å². The van der Waals surface area contributed by atoms with Crippen molar-refractivity contribution in [3.8, 4) is 17.0 Å². The molecule has 1 saturated heterocycles.